The van der Waals surface area contributed by atoms with Crippen molar-refractivity contribution in [2.45, 2.75) is 50.3 Å². The Morgan fingerprint density at radius 1 is 1.41 bits per heavy atom. The first kappa shape index (κ1) is 16.8. The number of rotatable bonds is 3. The van der Waals surface area contributed by atoms with Gasteiger partial charge in [0.25, 0.3) is 10.0 Å². The number of hydrogen-bond acceptors (Lipinski definition) is 5. The van der Waals surface area contributed by atoms with Crippen molar-refractivity contribution in [3.63, 3.8) is 0 Å². The van der Waals surface area contributed by atoms with Crippen LogP contribution in [0.15, 0.2) is 17.6 Å². The summed E-state index contributed by atoms with van der Waals surface area (Å²) >= 11 is 0. The van der Waals surface area contributed by atoms with Crippen LogP contribution < -0.4 is 5.32 Å². The molecule has 1 fully saturated rings. The van der Waals surface area contributed by atoms with E-state index in [0.29, 0.717) is 25.9 Å². The van der Waals surface area contributed by atoms with E-state index in [1.54, 1.807) is 20.8 Å². The van der Waals surface area contributed by atoms with Gasteiger partial charge in [-0.1, -0.05) is 0 Å². The molecule has 1 aromatic heterocycles. The maximum atomic E-state index is 12.3. The first-order valence-corrected chi connectivity index (χ1v) is 8.60. The molecule has 1 aromatic rings. The molecule has 0 aromatic carbocycles. The standard InChI is InChI=1S/C13H22N4O4S/c1-13(2,3)21-12(18)16-10-4-6-17(7-5-10)22(19,20)11-8-14-9-15-11/h8-10H,4-7H2,1-3H3,(H,14,15)(H,16,18). The van der Waals surface area contributed by atoms with E-state index in [1.165, 1.54) is 16.8 Å². The van der Waals surface area contributed by atoms with Crippen LogP contribution in [0.2, 0.25) is 0 Å². The number of ether oxygens (including phenoxy) is 1. The fourth-order valence-electron chi connectivity index (χ4n) is 2.24. The van der Waals surface area contributed by atoms with Crippen LogP contribution in [0, 0.1) is 0 Å². The fourth-order valence-corrected chi connectivity index (χ4v) is 3.60. The Bertz CT molecular complexity index is 598. The Morgan fingerprint density at radius 3 is 2.55 bits per heavy atom. The first-order valence-electron chi connectivity index (χ1n) is 7.16. The third kappa shape index (κ3) is 4.20. The summed E-state index contributed by atoms with van der Waals surface area (Å²) in [7, 11) is -3.53. The Morgan fingerprint density at radius 2 is 2.05 bits per heavy atom. The van der Waals surface area contributed by atoms with Gasteiger partial charge in [-0.05, 0) is 33.6 Å². The van der Waals surface area contributed by atoms with E-state index >= 15 is 0 Å². The van der Waals surface area contributed by atoms with Gasteiger partial charge in [-0.25, -0.2) is 18.2 Å². The quantitative estimate of drug-likeness (QED) is 0.863. The number of carbonyl (C=O) groups excluding carboxylic acids is 1. The largest absolute Gasteiger partial charge is 0.444 e. The van der Waals surface area contributed by atoms with Crippen molar-refractivity contribution < 1.29 is 17.9 Å². The highest BCUT2D eigenvalue weighted by Crippen LogP contribution is 2.19. The van der Waals surface area contributed by atoms with E-state index < -0.39 is 21.7 Å². The number of sulfonamides is 1. The molecule has 0 bridgehead atoms. The highest BCUT2D eigenvalue weighted by atomic mass is 32.2. The second-order valence-corrected chi connectivity index (χ2v) is 8.15. The average Bonchev–Trinajstić information content (AvgIpc) is 2.91. The van der Waals surface area contributed by atoms with Crippen LogP contribution in [0.25, 0.3) is 0 Å². The number of alkyl carbamates (subject to hydrolysis) is 1. The molecule has 9 heteroatoms. The Balaban J connectivity index is 1.87. The molecule has 1 aliphatic rings. The summed E-state index contributed by atoms with van der Waals surface area (Å²) in [6.07, 6.45) is 3.26. The molecule has 0 radical (unpaired) electrons. The van der Waals surface area contributed by atoms with Crippen molar-refractivity contribution in [2.75, 3.05) is 13.1 Å². The zero-order valence-electron chi connectivity index (χ0n) is 13.0. The van der Waals surface area contributed by atoms with Gasteiger partial charge in [0, 0.05) is 19.1 Å². The van der Waals surface area contributed by atoms with Gasteiger partial charge in [-0.15, -0.1) is 0 Å². The Hall–Kier alpha value is -1.61. The van der Waals surface area contributed by atoms with E-state index in [0.717, 1.165) is 0 Å². The van der Waals surface area contributed by atoms with E-state index in [9.17, 15) is 13.2 Å². The van der Waals surface area contributed by atoms with Gasteiger partial charge in [-0.3, -0.25) is 0 Å². The van der Waals surface area contributed by atoms with Crippen molar-refractivity contribution >= 4 is 16.1 Å². The molecular weight excluding hydrogens is 308 g/mol. The van der Waals surface area contributed by atoms with E-state index in [-0.39, 0.29) is 11.1 Å². The van der Waals surface area contributed by atoms with Gasteiger partial charge >= 0.3 is 6.09 Å². The summed E-state index contributed by atoms with van der Waals surface area (Å²) in [5.74, 6) is 0. The molecule has 2 N–H and O–H groups in total. The normalized spacial score (nSPS) is 18.1. The zero-order chi connectivity index (χ0) is 16.4. The Kier molecular flexibility index (Phi) is 4.76. The van der Waals surface area contributed by atoms with E-state index in [2.05, 4.69) is 15.3 Å². The second kappa shape index (κ2) is 6.25. The molecular formula is C13H22N4O4S. The van der Waals surface area contributed by atoms with Crippen LogP contribution in [0.3, 0.4) is 0 Å². The van der Waals surface area contributed by atoms with Crippen molar-refractivity contribution in [3.05, 3.63) is 12.5 Å². The molecule has 124 valence electrons. The van der Waals surface area contributed by atoms with Crippen LogP contribution in [0.1, 0.15) is 33.6 Å². The molecule has 8 nitrogen and oxygen atoms in total. The average molecular weight is 330 g/mol. The fraction of sp³-hybridized carbons (Fsp3) is 0.692. The number of aromatic nitrogens is 2. The van der Waals surface area contributed by atoms with E-state index in [4.69, 9.17) is 4.74 Å². The predicted octanol–water partition coefficient (Wildman–Crippen LogP) is 1.09. The number of aromatic amines is 1. The third-order valence-corrected chi connectivity index (χ3v) is 5.09. The molecule has 0 unspecified atom stereocenters. The minimum atomic E-state index is -3.53. The number of piperidine rings is 1. The predicted molar refractivity (Wildman–Crippen MR) is 79.7 cm³/mol. The SMILES string of the molecule is CC(C)(C)OC(=O)NC1CCN(S(=O)(=O)c2cnc[nH]2)CC1. The molecule has 1 saturated heterocycles. The highest BCUT2D eigenvalue weighted by molar-refractivity contribution is 7.89. The summed E-state index contributed by atoms with van der Waals surface area (Å²) in [6, 6.07) is -0.0805. The number of H-pyrrole nitrogens is 1. The molecule has 0 atom stereocenters. The molecule has 2 heterocycles. The summed E-state index contributed by atoms with van der Waals surface area (Å²) < 4.78 is 31.2. The van der Waals surface area contributed by atoms with Crippen LogP contribution in [0.5, 0.6) is 0 Å². The van der Waals surface area contributed by atoms with Gasteiger partial charge in [-0.2, -0.15) is 4.31 Å². The number of hydrogen-bond donors (Lipinski definition) is 2. The number of carbonyl (C=O) groups is 1. The number of imidazole rings is 1. The summed E-state index contributed by atoms with van der Waals surface area (Å²) in [5, 5.41) is 2.87. The van der Waals surface area contributed by atoms with Crippen molar-refractivity contribution in [2.24, 2.45) is 0 Å². The number of nitrogens with zero attached hydrogens (tertiary/aromatic N) is 2. The van der Waals surface area contributed by atoms with Crippen LogP contribution in [0.4, 0.5) is 4.79 Å². The second-order valence-electron chi connectivity index (χ2n) is 6.24. The Labute approximate surface area is 130 Å². The molecule has 0 saturated carbocycles. The highest BCUT2D eigenvalue weighted by Gasteiger charge is 2.31. The molecule has 0 aliphatic carbocycles. The molecule has 1 amide bonds. The minimum Gasteiger partial charge on any atom is -0.444 e. The molecule has 22 heavy (non-hydrogen) atoms. The molecule has 0 spiro atoms. The van der Waals surface area contributed by atoms with Crippen molar-refractivity contribution in [1.82, 2.24) is 19.6 Å². The van der Waals surface area contributed by atoms with Gasteiger partial charge in [0.05, 0.1) is 12.5 Å². The third-order valence-electron chi connectivity index (χ3n) is 3.27. The van der Waals surface area contributed by atoms with Crippen LogP contribution in [-0.4, -0.2) is 53.5 Å². The summed E-state index contributed by atoms with van der Waals surface area (Å²) in [6.45, 7) is 6.09. The monoisotopic (exact) mass is 330 g/mol. The zero-order valence-corrected chi connectivity index (χ0v) is 13.8. The van der Waals surface area contributed by atoms with Gasteiger partial charge < -0.3 is 15.0 Å². The smallest absolute Gasteiger partial charge is 0.407 e. The molecule has 1 aliphatic heterocycles. The number of nitrogens with one attached hydrogen (secondary N) is 2. The lowest BCUT2D eigenvalue weighted by Gasteiger charge is -2.31. The first-order chi connectivity index (χ1) is 10.2. The summed E-state index contributed by atoms with van der Waals surface area (Å²) in [5.41, 5.74) is -0.547. The minimum absolute atomic E-state index is 0.0805. The maximum Gasteiger partial charge on any atom is 0.407 e. The van der Waals surface area contributed by atoms with Crippen molar-refractivity contribution in [3.8, 4) is 0 Å². The van der Waals surface area contributed by atoms with Gasteiger partial charge in [0.1, 0.15) is 5.60 Å². The molecule has 2 rings (SSSR count). The van der Waals surface area contributed by atoms with Gasteiger partial charge in [0.15, 0.2) is 5.03 Å². The lowest BCUT2D eigenvalue weighted by Crippen LogP contribution is -2.47. The lowest BCUT2D eigenvalue weighted by molar-refractivity contribution is 0.0489. The van der Waals surface area contributed by atoms with Crippen LogP contribution >= 0.6 is 0 Å². The van der Waals surface area contributed by atoms with Crippen molar-refractivity contribution in [1.29, 1.82) is 0 Å². The van der Waals surface area contributed by atoms with Crippen LogP contribution in [-0.2, 0) is 14.8 Å². The lowest BCUT2D eigenvalue weighted by atomic mass is 10.1. The topological polar surface area (TPSA) is 104 Å². The van der Waals surface area contributed by atoms with Gasteiger partial charge in [0.2, 0.25) is 0 Å². The summed E-state index contributed by atoms with van der Waals surface area (Å²) in [4.78, 5) is 18.1. The number of amides is 1. The van der Waals surface area contributed by atoms with E-state index in [1.807, 2.05) is 0 Å². The maximum absolute atomic E-state index is 12.3.